The van der Waals surface area contributed by atoms with E-state index in [1.165, 1.54) is 18.2 Å². The van der Waals surface area contributed by atoms with Crippen LogP contribution in [0.4, 0.5) is 13.2 Å². The Hall–Kier alpha value is -1.98. The summed E-state index contributed by atoms with van der Waals surface area (Å²) >= 11 is 0. The van der Waals surface area contributed by atoms with E-state index in [1.54, 1.807) is 18.5 Å². The maximum absolute atomic E-state index is 12.2. The number of aromatic nitrogens is 2. The first kappa shape index (κ1) is 13.5. The Kier molecular flexibility index (Phi) is 3.50. The first-order valence-corrected chi connectivity index (χ1v) is 5.76. The van der Waals surface area contributed by atoms with Crippen LogP contribution in [0.1, 0.15) is 19.9 Å². The molecule has 2 aromatic rings. The molecule has 0 aliphatic carbocycles. The monoisotopic (exact) mass is 270 g/mol. The highest BCUT2D eigenvalue weighted by atomic mass is 19.4. The maximum atomic E-state index is 12.2. The zero-order valence-corrected chi connectivity index (χ0v) is 10.5. The van der Waals surface area contributed by atoms with Crippen molar-refractivity contribution in [2.45, 2.75) is 26.3 Å². The molecule has 0 radical (unpaired) electrons. The van der Waals surface area contributed by atoms with Crippen molar-refractivity contribution in [3.05, 3.63) is 36.7 Å². The Balaban J connectivity index is 2.35. The number of rotatable bonds is 3. The molecule has 0 fully saturated rings. The normalized spacial score (nSPS) is 11.9. The highest BCUT2D eigenvalue weighted by molar-refractivity contribution is 5.58. The number of nitrogens with zero attached hydrogens (tertiary/aromatic N) is 2. The van der Waals surface area contributed by atoms with Gasteiger partial charge in [0.15, 0.2) is 0 Å². The van der Waals surface area contributed by atoms with Crippen LogP contribution in [-0.2, 0) is 0 Å². The molecular formula is C13H13F3N2O. The van der Waals surface area contributed by atoms with Gasteiger partial charge in [0.2, 0.25) is 0 Å². The van der Waals surface area contributed by atoms with E-state index in [0.717, 1.165) is 0 Å². The van der Waals surface area contributed by atoms with Gasteiger partial charge in [-0.05, 0) is 26.0 Å². The quantitative estimate of drug-likeness (QED) is 0.842. The van der Waals surface area contributed by atoms with E-state index < -0.39 is 6.36 Å². The van der Waals surface area contributed by atoms with Crippen LogP contribution in [0.3, 0.4) is 0 Å². The Morgan fingerprint density at radius 3 is 2.63 bits per heavy atom. The maximum Gasteiger partial charge on any atom is 0.573 e. The van der Waals surface area contributed by atoms with E-state index >= 15 is 0 Å². The first-order valence-electron chi connectivity index (χ1n) is 5.76. The molecule has 0 saturated carbocycles. The number of hydrogen-bond donors (Lipinski definition) is 0. The number of imidazole rings is 1. The molecule has 1 aromatic heterocycles. The number of alkyl halides is 3. The lowest BCUT2D eigenvalue weighted by Crippen LogP contribution is -2.17. The van der Waals surface area contributed by atoms with E-state index in [2.05, 4.69) is 9.72 Å². The zero-order chi connectivity index (χ0) is 14.0. The smallest absolute Gasteiger partial charge is 0.406 e. The van der Waals surface area contributed by atoms with Gasteiger partial charge >= 0.3 is 6.36 Å². The molecule has 0 bridgehead atoms. The molecule has 2 rings (SSSR count). The van der Waals surface area contributed by atoms with Crippen molar-refractivity contribution in [2.24, 2.45) is 0 Å². The molecule has 0 spiro atoms. The summed E-state index contributed by atoms with van der Waals surface area (Å²) < 4.78 is 42.3. The summed E-state index contributed by atoms with van der Waals surface area (Å²) in [6.45, 7) is 3.95. The molecule has 0 aliphatic rings. The van der Waals surface area contributed by atoms with Gasteiger partial charge in [-0.15, -0.1) is 13.2 Å². The zero-order valence-electron chi connectivity index (χ0n) is 10.5. The Morgan fingerprint density at radius 2 is 2.00 bits per heavy atom. The molecule has 0 unspecified atom stereocenters. The second kappa shape index (κ2) is 4.95. The molecule has 3 nitrogen and oxygen atoms in total. The summed E-state index contributed by atoms with van der Waals surface area (Å²) in [4.78, 5) is 4.17. The molecule has 1 heterocycles. The topological polar surface area (TPSA) is 27.1 Å². The van der Waals surface area contributed by atoms with Crippen LogP contribution >= 0.6 is 0 Å². The lowest BCUT2D eigenvalue weighted by Gasteiger charge is -2.13. The summed E-state index contributed by atoms with van der Waals surface area (Å²) in [7, 11) is 0. The van der Waals surface area contributed by atoms with Crippen LogP contribution in [-0.4, -0.2) is 15.9 Å². The van der Waals surface area contributed by atoms with E-state index in [0.29, 0.717) is 11.4 Å². The number of benzene rings is 1. The molecule has 0 atom stereocenters. The molecule has 6 heteroatoms. The summed E-state index contributed by atoms with van der Waals surface area (Å²) in [5.74, 6) is 0.367. The lowest BCUT2D eigenvalue weighted by atomic mass is 10.2. The fraction of sp³-hybridized carbons (Fsp3) is 0.308. The van der Waals surface area contributed by atoms with E-state index in [9.17, 15) is 13.2 Å². The van der Waals surface area contributed by atoms with Crippen molar-refractivity contribution >= 4 is 0 Å². The molecule has 0 saturated heterocycles. The van der Waals surface area contributed by atoms with Gasteiger partial charge in [0.1, 0.15) is 11.6 Å². The highest BCUT2D eigenvalue weighted by Crippen LogP contribution is 2.28. The third-order valence-corrected chi connectivity index (χ3v) is 2.55. The van der Waals surface area contributed by atoms with Gasteiger partial charge in [-0.1, -0.05) is 12.1 Å². The van der Waals surface area contributed by atoms with Crippen molar-refractivity contribution in [3.63, 3.8) is 0 Å². The van der Waals surface area contributed by atoms with Crippen LogP contribution in [0.15, 0.2) is 36.7 Å². The van der Waals surface area contributed by atoms with Gasteiger partial charge < -0.3 is 9.30 Å². The lowest BCUT2D eigenvalue weighted by molar-refractivity contribution is -0.274. The van der Waals surface area contributed by atoms with Crippen molar-refractivity contribution in [1.82, 2.24) is 9.55 Å². The fourth-order valence-corrected chi connectivity index (χ4v) is 1.79. The second-order valence-corrected chi connectivity index (χ2v) is 4.33. The molecule has 0 N–H and O–H groups in total. The third kappa shape index (κ3) is 3.27. The largest absolute Gasteiger partial charge is 0.573 e. The predicted molar refractivity (Wildman–Crippen MR) is 64.7 cm³/mol. The van der Waals surface area contributed by atoms with Crippen LogP contribution < -0.4 is 4.74 Å². The first-order chi connectivity index (χ1) is 8.87. The minimum Gasteiger partial charge on any atom is -0.406 e. The van der Waals surface area contributed by atoms with Gasteiger partial charge in [-0.3, -0.25) is 0 Å². The van der Waals surface area contributed by atoms with E-state index in [1.807, 2.05) is 18.4 Å². The third-order valence-electron chi connectivity index (χ3n) is 2.55. The Bertz CT molecular complexity index is 561. The Labute approximate surface area is 108 Å². The number of hydrogen-bond acceptors (Lipinski definition) is 2. The van der Waals surface area contributed by atoms with Crippen LogP contribution in [0.5, 0.6) is 5.75 Å². The second-order valence-electron chi connectivity index (χ2n) is 4.33. The molecule has 0 amide bonds. The van der Waals surface area contributed by atoms with Gasteiger partial charge in [0.05, 0.1) is 0 Å². The van der Waals surface area contributed by atoms with Crippen molar-refractivity contribution in [1.29, 1.82) is 0 Å². The Morgan fingerprint density at radius 1 is 1.26 bits per heavy atom. The van der Waals surface area contributed by atoms with Crippen LogP contribution in [0.25, 0.3) is 11.4 Å². The standard InChI is InChI=1S/C13H13F3N2O/c1-9(2)18-7-6-17-12(18)10-4-3-5-11(8-10)19-13(14,15)16/h3-9H,1-2H3. The number of ether oxygens (including phenoxy) is 1. The predicted octanol–water partition coefficient (Wildman–Crippen LogP) is 4.03. The van der Waals surface area contributed by atoms with Gasteiger partial charge in [0.25, 0.3) is 0 Å². The molecular weight excluding hydrogens is 257 g/mol. The van der Waals surface area contributed by atoms with Crippen molar-refractivity contribution in [2.75, 3.05) is 0 Å². The average Bonchev–Trinajstić information content (AvgIpc) is 2.75. The molecule has 1 aromatic carbocycles. The van der Waals surface area contributed by atoms with E-state index in [-0.39, 0.29) is 11.8 Å². The minimum atomic E-state index is -4.69. The summed E-state index contributed by atoms with van der Waals surface area (Å²) in [6.07, 6.45) is -1.28. The van der Waals surface area contributed by atoms with Gasteiger partial charge in [0, 0.05) is 24.0 Å². The molecule has 19 heavy (non-hydrogen) atoms. The van der Waals surface area contributed by atoms with Crippen molar-refractivity contribution < 1.29 is 17.9 Å². The van der Waals surface area contributed by atoms with E-state index in [4.69, 9.17) is 0 Å². The van der Waals surface area contributed by atoms with Gasteiger partial charge in [-0.25, -0.2) is 4.98 Å². The minimum absolute atomic E-state index is 0.171. The van der Waals surface area contributed by atoms with Crippen molar-refractivity contribution in [3.8, 4) is 17.1 Å². The average molecular weight is 270 g/mol. The molecule has 102 valence electrons. The summed E-state index contributed by atoms with van der Waals surface area (Å²) in [6, 6.07) is 5.97. The molecule has 0 aliphatic heterocycles. The van der Waals surface area contributed by atoms with Gasteiger partial charge in [-0.2, -0.15) is 0 Å². The highest BCUT2D eigenvalue weighted by Gasteiger charge is 2.31. The van der Waals surface area contributed by atoms with Crippen LogP contribution in [0, 0.1) is 0 Å². The fourth-order valence-electron chi connectivity index (χ4n) is 1.79. The summed E-state index contributed by atoms with van der Waals surface area (Å²) in [5, 5.41) is 0. The SMILES string of the molecule is CC(C)n1ccnc1-c1cccc(OC(F)(F)F)c1. The van der Waals surface area contributed by atoms with Crippen LogP contribution in [0.2, 0.25) is 0 Å². The number of halogens is 3. The summed E-state index contributed by atoms with van der Waals surface area (Å²) in [5.41, 5.74) is 0.584.